The van der Waals surface area contributed by atoms with Crippen LogP contribution in [0.5, 0.6) is 5.88 Å². The molecule has 1 saturated carbocycles. The zero-order valence-corrected chi connectivity index (χ0v) is 15.9. The van der Waals surface area contributed by atoms with E-state index in [4.69, 9.17) is 26.2 Å². The van der Waals surface area contributed by atoms with Crippen molar-refractivity contribution in [3.63, 3.8) is 0 Å². The number of nitrogens with one attached hydrogen (secondary N) is 1. The first-order valence-corrected chi connectivity index (χ1v) is 9.28. The fraction of sp³-hybridized carbons (Fsp3) is 0.333. The molecule has 2 atom stereocenters. The lowest BCUT2D eigenvalue weighted by atomic mass is 9.98. The minimum atomic E-state index is -0.0857. The molecule has 130 valence electrons. The molecule has 7 heteroatoms. The van der Waals surface area contributed by atoms with Crippen molar-refractivity contribution in [2.24, 2.45) is 10.9 Å². The van der Waals surface area contributed by atoms with Gasteiger partial charge in [-0.1, -0.05) is 23.7 Å². The van der Waals surface area contributed by atoms with Crippen LogP contribution in [-0.4, -0.2) is 24.0 Å². The van der Waals surface area contributed by atoms with Crippen molar-refractivity contribution in [3.8, 4) is 5.88 Å². The highest BCUT2D eigenvalue weighted by atomic mass is 79.9. The molecule has 5 nitrogen and oxygen atoms in total. The molecule has 1 aromatic heterocycles. The summed E-state index contributed by atoms with van der Waals surface area (Å²) < 4.78 is 6.07. The van der Waals surface area contributed by atoms with Crippen molar-refractivity contribution >= 4 is 33.4 Å². The highest BCUT2D eigenvalue weighted by Gasteiger charge is 2.41. The van der Waals surface area contributed by atoms with E-state index in [0.717, 1.165) is 10.0 Å². The summed E-state index contributed by atoms with van der Waals surface area (Å²) in [5.41, 5.74) is 4.74. The second-order valence-corrected chi connectivity index (χ2v) is 7.47. The van der Waals surface area contributed by atoms with Gasteiger partial charge in [-0.15, -0.1) is 0 Å². The molecular weight excluding hydrogens is 406 g/mol. The summed E-state index contributed by atoms with van der Waals surface area (Å²) in [4.78, 5) is 15.3. The summed E-state index contributed by atoms with van der Waals surface area (Å²) in [6.45, 7) is 0. The Morgan fingerprint density at radius 1 is 1.20 bits per heavy atom. The van der Waals surface area contributed by atoms with Crippen LogP contribution in [0.25, 0.3) is 0 Å². The zero-order chi connectivity index (χ0) is 17.4. The number of halogens is 2. The molecule has 1 aliphatic heterocycles. The molecule has 1 aromatic carbocycles. The van der Waals surface area contributed by atoms with Crippen LogP contribution in [0.4, 0.5) is 0 Å². The molecule has 2 aromatic rings. The normalized spacial score (nSPS) is 22.9. The van der Waals surface area contributed by atoms with Gasteiger partial charge in [0, 0.05) is 5.02 Å². The predicted molar refractivity (Wildman–Crippen MR) is 100.0 cm³/mol. The first-order chi connectivity index (χ1) is 12.2. The number of ether oxygens (including phenoxy) is 1. The van der Waals surface area contributed by atoms with E-state index in [9.17, 15) is 0 Å². The largest absolute Gasteiger partial charge is 0.480 e. The average Bonchev–Trinajstić information content (AvgIpc) is 3.47. The third-order valence-corrected chi connectivity index (χ3v) is 5.27. The molecule has 0 unspecified atom stereocenters. The van der Waals surface area contributed by atoms with E-state index in [1.54, 1.807) is 7.11 Å². The molecule has 0 radical (unpaired) electrons. The van der Waals surface area contributed by atoms with E-state index < -0.39 is 0 Å². The quantitative estimate of drug-likeness (QED) is 0.798. The fourth-order valence-electron chi connectivity index (χ4n) is 2.95. The van der Waals surface area contributed by atoms with Gasteiger partial charge in [0.25, 0.3) is 0 Å². The molecular formula is C18H17BrClN3O2. The van der Waals surface area contributed by atoms with E-state index in [-0.39, 0.29) is 12.1 Å². The van der Waals surface area contributed by atoms with Gasteiger partial charge in [-0.3, -0.25) is 9.83 Å². The third kappa shape index (κ3) is 3.52. The van der Waals surface area contributed by atoms with Crippen LogP contribution in [0.2, 0.25) is 5.02 Å². The van der Waals surface area contributed by atoms with Crippen LogP contribution in [0, 0.1) is 5.92 Å². The topological polar surface area (TPSA) is 55.7 Å². The van der Waals surface area contributed by atoms with E-state index in [1.165, 1.54) is 12.8 Å². The molecule has 0 bridgehead atoms. The van der Waals surface area contributed by atoms with Gasteiger partial charge in [-0.25, -0.2) is 10.5 Å². The van der Waals surface area contributed by atoms with Crippen LogP contribution in [0.1, 0.15) is 30.1 Å². The summed E-state index contributed by atoms with van der Waals surface area (Å²) in [6.07, 6.45) is 2.36. The second kappa shape index (κ2) is 6.94. The van der Waals surface area contributed by atoms with Crippen molar-refractivity contribution in [2.45, 2.75) is 25.0 Å². The first-order valence-electron chi connectivity index (χ1n) is 8.11. The Kier molecular flexibility index (Phi) is 4.67. The summed E-state index contributed by atoms with van der Waals surface area (Å²) in [6, 6.07) is 11.5. The van der Waals surface area contributed by atoms with Crippen LogP contribution < -0.4 is 10.2 Å². The van der Waals surface area contributed by atoms with E-state index in [2.05, 4.69) is 26.4 Å². The number of methoxy groups -OCH3 is 1. The van der Waals surface area contributed by atoms with Crippen molar-refractivity contribution < 1.29 is 9.57 Å². The Bertz CT molecular complexity index is 808. The summed E-state index contributed by atoms with van der Waals surface area (Å²) >= 11 is 9.44. The Morgan fingerprint density at radius 3 is 2.64 bits per heavy atom. The van der Waals surface area contributed by atoms with Crippen LogP contribution in [-0.2, 0) is 4.84 Å². The van der Waals surface area contributed by atoms with Gasteiger partial charge in [-0.05, 0) is 64.5 Å². The third-order valence-electron chi connectivity index (χ3n) is 4.42. The number of hydrogen-bond donors (Lipinski definition) is 1. The minimum Gasteiger partial charge on any atom is -0.480 e. The number of pyridine rings is 1. The second-order valence-electron chi connectivity index (χ2n) is 6.18. The number of aliphatic imine (C=N–C) groups is 1. The lowest BCUT2D eigenvalue weighted by molar-refractivity contribution is -0.0292. The molecule has 0 spiro atoms. The SMILES string of the molecule is COc1nc(C2=N[C@H](c3ccc(Cl)cc3)[C@H](C3CC3)ON2)ccc1Br. The minimum absolute atomic E-state index is 0.0160. The number of hydroxylamine groups is 1. The van der Waals surface area contributed by atoms with Gasteiger partial charge < -0.3 is 4.74 Å². The van der Waals surface area contributed by atoms with Crippen LogP contribution in [0.3, 0.4) is 0 Å². The summed E-state index contributed by atoms with van der Waals surface area (Å²) in [7, 11) is 1.59. The van der Waals surface area contributed by atoms with Crippen molar-refractivity contribution in [3.05, 3.63) is 57.2 Å². The summed E-state index contributed by atoms with van der Waals surface area (Å²) in [5, 5.41) is 0.713. The van der Waals surface area contributed by atoms with Gasteiger partial charge in [0.15, 0.2) is 5.84 Å². The lowest BCUT2D eigenvalue weighted by Crippen LogP contribution is -2.40. The zero-order valence-electron chi connectivity index (χ0n) is 13.6. The van der Waals surface area contributed by atoms with E-state index in [1.807, 2.05) is 36.4 Å². The Morgan fingerprint density at radius 2 is 1.96 bits per heavy atom. The molecule has 0 saturated heterocycles. The lowest BCUT2D eigenvalue weighted by Gasteiger charge is -2.30. The van der Waals surface area contributed by atoms with Gasteiger partial charge in [0.05, 0.1) is 11.6 Å². The molecule has 0 amide bonds. The van der Waals surface area contributed by atoms with Crippen LogP contribution >= 0.6 is 27.5 Å². The Labute approximate surface area is 159 Å². The molecule has 2 aliphatic rings. The first kappa shape index (κ1) is 16.8. The average molecular weight is 423 g/mol. The number of amidine groups is 1. The maximum absolute atomic E-state index is 6.03. The maximum Gasteiger partial charge on any atom is 0.228 e. The highest BCUT2D eigenvalue weighted by Crippen LogP contribution is 2.42. The highest BCUT2D eigenvalue weighted by molar-refractivity contribution is 9.10. The molecule has 1 N–H and O–H groups in total. The number of aromatic nitrogens is 1. The molecule has 25 heavy (non-hydrogen) atoms. The fourth-order valence-corrected chi connectivity index (χ4v) is 3.46. The molecule has 1 fully saturated rings. The van der Waals surface area contributed by atoms with Gasteiger partial charge in [-0.2, -0.15) is 0 Å². The smallest absolute Gasteiger partial charge is 0.228 e. The van der Waals surface area contributed by atoms with E-state index in [0.29, 0.717) is 28.4 Å². The van der Waals surface area contributed by atoms with E-state index >= 15 is 0 Å². The van der Waals surface area contributed by atoms with Crippen molar-refractivity contribution in [2.75, 3.05) is 7.11 Å². The number of benzene rings is 1. The number of rotatable bonds is 4. The van der Waals surface area contributed by atoms with Gasteiger partial charge in [0.2, 0.25) is 5.88 Å². The van der Waals surface area contributed by atoms with Crippen molar-refractivity contribution in [1.82, 2.24) is 10.5 Å². The Balaban J connectivity index is 1.71. The monoisotopic (exact) mass is 421 g/mol. The molecule has 1 aliphatic carbocycles. The predicted octanol–water partition coefficient (Wildman–Crippen LogP) is 4.31. The van der Waals surface area contributed by atoms with Gasteiger partial charge in [0.1, 0.15) is 17.8 Å². The molecule has 2 heterocycles. The maximum atomic E-state index is 6.03. The summed E-state index contributed by atoms with van der Waals surface area (Å²) in [5.74, 6) is 1.64. The standard InChI is InChI=1S/C18H17BrClN3O2/c1-24-18-13(19)8-9-14(21-18)17-22-15(10-4-6-12(20)7-5-10)16(25-23-17)11-2-3-11/h4-9,11,15-16H,2-3H2,1H3,(H,22,23)/t15-,16+/m1/s1. The number of hydrogen-bond acceptors (Lipinski definition) is 5. The van der Waals surface area contributed by atoms with Gasteiger partial charge >= 0.3 is 0 Å². The Hall–Kier alpha value is -1.63. The van der Waals surface area contributed by atoms with Crippen molar-refractivity contribution in [1.29, 1.82) is 0 Å². The number of nitrogens with zero attached hydrogens (tertiary/aromatic N) is 2. The van der Waals surface area contributed by atoms with Crippen LogP contribution in [0.15, 0.2) is 45.9 Å². The molecule has 4 rings (SSSR count).